The van der Waals surface area contributed by atoms with Crippen molar-refractivity contribution in [3.63, 3.8) is 0 Å². The predicted molar refractivity (Wildman–Crippen MR) is 55.9 cm³/mol. The van der Waals surface area contributed by atoms with Crippen molar-refractivity contribution < 1.29 is 14.9 Å². The minimum absolute atomic E-state index is 0.0332. The van der Waals surface area contributed by atoms with Crippen LogP contribution in [0.2, 0.25) is 0 Å². The van der Waals surface area contributed by atoms with Crippen LogP contribution in [0.4, 0.5) is 5.69 Å². The van der Waals surface area contributed by atoms with Crippen LogP contribution in [0.1, 0.15) is 0 Å². The molecular formula is C11H9N2O3+. The number of pyridine rings is 1. The molecule has 2 rings (SSSR count). The Balaban J connectivity index is 2.48. The highest BCUT2D eigenvalue weighted by Crippen LogP contribution is 2.22. The summed E-state index contributed by atoms with van der Waals surface area (Å²) in [5, 5.41) is 19.8. The summed E-state index contributed by atoms with van der Waals surface area (Å²) in [6.07, 6.45) is 2.96. The van der Waals surface area contributed by atoms with Crippen LogP contribution >= 0.6 is 0 Å². The summed E-state index contributed by atoms with van der Waals surface area (Å²) < 4.78 is 0.911. The molecule has 0 aliphatic rings. The number of rotatable bonds is 2. The van der Waals surface area contributed by atoms with E-state index in [0.717, 1.165) is 4.73 Å². The van der Waals surface area contributed by atoms with Gasteiger partial charge >= 0.3 is 0 Å². The second kappa shape index (κ2) is 3.98. The quantitative estimate of drug-likeness (QED) is 0.361. The molecule has 0 saturated heterocycles. The molecule has 0 aliphatic carbocycles. The van der Waals surface area contributed by atoms with Crippen LogP contribution in [0.15, 0.2) is 48.8 Å². The van der Waals surface area contributed by atoms with Gasteiger partial charge in [-0.15, -0.1) is 0 Å². The lowest BCUT2D eigenvalue weighted by Gasteiger charge is -1.98. The highest BCUT2D eigenvalue weighted by atomic mass is 16.6. The molecule has 5 heteroatoms. The molecule has 80 valence electrons. The van der Waals surface area contributed by atoms with Crippen LogP contribution in [0.25, 0.3) is 11.1 Å². The lowest BCUT2D eigenvalue weighted by Crippen LogP contribution is -2.28. The molecule has 0 fully saturated rings. The van der Waals surface area contributed by atoms with E-state index in [1.165, 1.54) is 24.5 Å². The topological polar surface area (TPSA) is 67.2 Å². The number of hydrogen-bond donors (Lipinski definition) is 1. The third-order valence-corrected chi connectivity index (χ3v) is 2.18. The second-order valence-corrected chi connectivity index (χ2v) is 3.28. The summed E-state index contributed by atoms with van der Waals surface area (Å²) in [4.78, 5) is 10.2. The minimum Gasteiger partial charge on any atom is -0.285 e. The number of nitrogens with zero attached hydrogens (tertiary/aromatic N) is 2. The van der Waals surface area contributed by atoms with Gasteiger partial charge in [0.15, 0.2) is 0 Å². The van der Waals surface area contributed by atoms with E-state index in [9.17, 15) is 15.3 Å². The zero-order chi connectivity index (χ0) is 11.5. The fraction of sp³-hybridized carbons (Fsp3) is 0. The van der Waals surface area contributed by atoms with Crippen molar-refractivity contribution in [3.8, 4) is 11.1 Å². The van der Waals surface area contributed by atoms with Crippen molar-refractivity contribution in [2.45, 2.75) is 0 Å². The van der Waals surface area contributed by atoms with E-state index < -0.39 is 4.92 Å². The van der Waals surface area contributed by atoms with Crippen molar-refractivity contribution in [1.82, 2.24) is 0 Å². The molecule has 0 unspecified atom stereocenters. The van der Waals surface area contributed by atoms with Crippen molar-refractivity contribution in [2.75, 3.05) is 0 Å². The lowest BCUT2D eigenvalue weighted by molar-refractivity contribution is -0.904. The molecule has 0 aliphatic heterocycles. The molecular weight excluding hydrogens is 208 g/mol. The maximum absolute atomic E-state index is 10.6. The van der Waals surface area contributed by atoms with Crippen LogP contribution in [0.3, 0.4) is 0 Å². The Morgan fingerprint density at radius 2 is 1.94 bits per heavy atom. The third-order valence-electron chi connectivity index (χ3n) is 2.18. The molecule has 0 amide bonds. The standard InChI is InChI=1S/C11H9N2O3/c14-12-6-2-4-10(8-12)9-3-1-5-11(7-9)13(15)16/h1-8,14H/q+1. The van der Waals surface area contributed by atoms with E-state index in [-0.39, 0.29) is 5.69 Å². The van der Waals surface area contributed by atoms with Crippen LogP contribution in [-0.4, -0.2) is 10.1 Å². The first-order chi connectivity index (χ1) is 7.66. The van der Waals surface area contributed by atoms with Gasteiger partial charge in [0.05, 0.1) is 10.5 Å². The Labute approximate surface area is 91.3 Å². The number of nitro groups is 1. The number of nitro benzene ring substituents is 1. The van der Waals surface area contributed by atoms with Crippen LogP contribution in [0.5, 0.6) is 0 Å². The molecule has 1 aromatic heterocycles. The summed E-state index contributed by atoms with van der Waals surface area (Å²) in [6.45, 7) is 0. The molecule has 0 atom stereocenters. The van der Waals surface area contributed by atoms with Gasteiger partial charge in [-0.05, 0) is 11.6 Å². The van der Waals surface area contributed by atoms with E-state index >= 15 is 0 Å². The molecule has 0 spiro atoms. The van der Waals surface area contributed by atoms with Gasteiger partial charge in [-0.1, -0.05) is 12.1 Å². The monoisotopic (exact) mass is 217 g/mol. The number of hydrogen-bond acceptors (Lipinski definition) is 3. The molecule has 5 nitrogen and oxygen atoms in total. The largest absolute Gasteiger partial charge is 0.285 e. The lowest BCUT2D eigenvalue weighted by atomic mass is 10.1. The molecule has 0 radical (unpaired) electrons. The molecule has 1 aromatic carbocycles. The van der Waals surface area contributed by atoms with Gasteiger partial charge in [-0.25, -0.2) is 0 Å². The Kier molecular flexibility index (Phi) is 2.51. The van der Waals surface area contributed by atoms with Gasteiger partial charge in [-0.3, -0.25) is 15.3 Å². The van der Waals surface area contributed by atoms with Crippen molar-refractivity contribution in [3.05, 3.63) is 58.9 Å². The van der Waals surface area contributed by atoms with Gasteiger partial charge < -0.3 is 0 Å². The smallest absolute Gasteiger partial charge is 0.270 e. The molecule has 1 heterocycles. The Bertz CT molecular complexity index is 540. The third kappa shape index (κ3) is 1.98. The van der Waals surface area contributed by atoms with Gasteiger partial charge in [0.1, 0.15) is 0 Å². The Morgan fingerprint density at radius 1 is 1.19 bits per heavy atom. The predicted octanol–water partition coefficient (Wildman–Crippen LogP) is 1.79. The highest BCUT2D eigenvalue weighted by Gasteiger charge is 2.09. The summed E-state index contributed by atoms with van der Waals surface area (Å²) in [7, 11) is 0. The molecule has 0 saturated carbocycles. The van der Waals surface area contributed by atoms with Gasteiger partial charge in [-0.2, -0.15) is 0 Å². The van der Waals surface area contributed by atoms with Crippen LogP contribution in [0, 0.1) is 10.1 Å². The second-order valence-electron chi connectivity index (χ2n) is 3.28. The number of aromatic nitrogens is 1. The fourth-order valence-electron chi connectivity index (χ4n) is 1.43. The Hall–Kier alpha value is -2.43. The average Bonchev–Trinajstić information content (AvgIpc) is 2.29. The number of non-ortho nitro benzene ring substituents is 1. The zero-order valence-corrected chi connectivity index (χ0v) is 8.28. The van der Waals surface area contributed by atoms with E-state index in [1.54, 1.807) is 24.3 Å². The highest BCUT2D eigenvalue weighted by molar-refractivity contribution is 5.64. The van der Waals surface area contributed by atoms with E-state index in [4.69, 9.17) is 0 Å². The van der Waals surface area contributed by atoms with Crippen molar-refractivity contribution in [1.29, 1.82) is 0 Å². The van der Waals surface area contributed by atoms with Crippen LogP contribution < -0.4 is 4.73 Å². The first-order valence-corrected chi connectivity index (χ1v) is 4.62. The summed E-state index contributed by atoms with van der Waals surface area (Å²) in [6, 6.07) is 9.69. The molecule has 0 bridgehead atoms. The van der Waals surface area contributed by atoms with Crippen molar-refractivity contribution >= 4 is 5.69 Å². The van der Waals surface area contributed by atoms with Crippen LogP contribution in [-0.2, 0) is 0 Å². The van der Waals surface area contributed by atoms with Gasteiger partial charge in [0, 0.05) is 22.9 Å². The SMILES string of the molecule is O=[N+]([O-])c1cccc(-c2ccc[n+](O)c2)c1. The summed E-state index contributed by atoms with van der Waals surface area (Å²) in [5.41, 5.74) is 1.44. The maximum Gasteiger partial charge on any atom is 0.270 e. The molecule has 1 N–H and O–H groups in total. The van der Waals surface area contributed by atoms with Crippen molar-refractivity contribution in [2.24, 2.45) is 0 Å². The van der Waals surface area contributed by atoms with E-state index in [0.29, 0.717) is 11.1 Å². The van der Waals surface area contributed by atoms with Gasteiger partial charge in [0.25, 0.3) is 5.69 Å². The Morgan fingerprint density at radius 3 is 2.62 bits per heavy atom. The first kappa shape index (κ1) is 10.1. The van der Waals surface area contributed by atoms with E-state index in [2.05, 4.69) is 0 Å². The summed E-state index contributed by atoms with van der Waals surface area (Å²) in [5.74, 6) is 0. The zero-order valence-electron chi connectivity index (χ0n) is 8.28. The first-order valence-electron chi connectivity index (χ1n) is 4.62. The maximum atomic E-state index is 10.6. The summed E-state index contributed by atoms with van der Waals surface area (Å²) >= 11 is 0. The number of benzene rings is 1. The normalized spacial score (nSPS) is 10.0. The van der Waals surface area contributed by atoms with E-state index in [1.807, 2.05) is 0 Å². The van der Waals surface area contributed by atoms with Gasteiger partial charge in [0.2, 0.25) is 12.4 Å². The average molecular weight is 217 g/mol. The molecule has 16 heavy (non-hydrogen) atoms. The minimum atomic E-state index is -0.445. The molecule has 2 aromatic rings. The fourth-order valence-corrected chi connectivity index (χ4v) is 1.43.